The fourth-order valence-corrected chi connectivity index (χ4v) is 5.72. The van der Waals surface area contributed by atoms with E-state index >= 15 is 0 Å². The minimum absolute atomic E-state index is 0.0245. The van der Waals surface area contributed by atoms with Gasteiger partial charge in [-0.2, -0.15) is 26.3 Å². The van der Waals surface area contributed by atoms with Crippen molar-refractivity contribution in [3.63, 3.8) is 0 Å². The maximum atomic E-state index is 13.6. The molecule has 3 N–H and O–H groups in total. The van der Waals surface area contributed by atoms with Crippen LogP contribution < -0.4 is 10.5 Å². The summed E-state index contributed by atoms with van der Waals surface area (Å²) in [7, 11) is -3.21. The fourth-order valence-electron chi connectivity index (χ4n) is 4.54. The second-order valence-corrected chi connectivity index (χ2v) is 20.0. The summed E-state index contributed by atoms with van der Waals surface area (Å²) in [6, 6.07) is 2.99. The maximum absolute atomic E-state index is 13.6. The summed E-state index contributed by atoms with van der Waals surface area (Å²) in [4.78, 5) is 18.0. The highest BCUT2D eigenvalue weighted by Crippen LogP contribution is 2.36. The number of nitrogens with zero attached hydrogens (tertiary/aromatic N) is 3. The number of urea groups is 1. The van der Waals surface area contributed by atoms with Gasteiger partial charge in [0, 0.05) is 32.4 Å². The van der Waals surface area contributed by atoms with Crippen molar-refractivity contribution < 1.29 is 44.8 Å². The van der Waals surface area contributed by atoms with Gasteiger partial charge in [0.15, 0.2) is 5.60 Å². The van der Waals surface area contributed by atoms with Crippen LogP contribution in [0.5, 0.6) is 0 Å². The Kier molecular flexibility index (Phi) is 11.2. The van der Waals surface area contributed by atoms with E-state index in [0.29, 0.717) is 29.0 Å². The third-order valence-electron chi connectivity index (χ3n) is 7.52. The number of amides is 2. The summed E-state index contributed by atoms with van der Waals surface area (Å²) in [5, 5.41) is 6.93. The number of ether oxygens (including phenoxy) is 2. The van der Waals surface area contributed by atoms with E-state index in [1.165, 1.54) is 0 Å². The first-order chi connectivity index (χ1) is 20.1. The summed E-state index contributed by atoms with van der Waals surface area (Å²) in [5.41, 5.74) is -0.996. The second-order valence-electron chi connectivity index (χ2n) is 12.9. The first-order valence-corrected chi connectivity index (χ1v) is 19.1. The van der Waals surface area contributed by atoms with Crippen LogP contribution in [0.4, 0.5) is 31.1 Å². The van der Waals surface area contributed by atoms with Crippen LogP contribution in [0.3, 0.4) is 0 Å². The molecule has 1 saturated heterocycles. The van der Waals surface area contributed by atoms with Crippen molar-refractivity contribution in [2.24, 2.45) is 5.14 Å². The molecule has 0 radical (unpaired) electrons. The minimum Gasteiger partial charge on any atom is -0.365 e. The Bertz CT molecular complexity index is 1330. The molecule has 4 atom stereocenters. The summed E-state index contributed by atoms with van der Waals surface area (Å²) in [6.07, 6.45) is -9.14. The van der Waals surface area contributed by atoms with E-state index in [4.69, 9.17) is 19.6 Å². The molecular formula is C27H41F6N5O4SSi. The van der Waals surface area contributed by atoms with Crippen LogP contribution in [0.2, 0.25) is 25.7 Å². The zero-order valence-electron chi connectivity index (χ0n) is 25.6. The van der Waals surface area contributed by atoms with E-state index in [-0.39, 0.29) is 19.7 Å². The summed E-state index contributed by atoms with van der Waals surface area (Å²) < 4.78 is 105. The Morgan fingerprint density at radius 1 is 1.18 bits per heavy atom. The molecule has 0 bridgehead atoms. The summed E-state index contributed by atoms with van der Waals surface area (Å²) >= 11 is 0. The average molecular weight is 674 g/mol. The highest BCUT2D eigenvalue weighted by Gasteiger charge is 2.49. The molecule has 2 amide bonds. The van der Waals surface area contributed by atoms with Crippen LogP contribution >= 0.6 is 0 Å². The molecule has 2 heterocycles. The molecule has 1 aromatic heterocycles. The first-order valence-electron chi connectivity index (χ1n) is 14.1. The van der Waals surface area contributed by atoms with Crippen molar-refractivity contribution in [3.05, 3.63) is 29.6 Å². The number of nitrogens with one attached hydrogen (secondary N) is 1. The zero-order valence-corrected chi connectivity index (χ0v) is 27.5. The number of nitrogens with two attached hydrogens (primary N) is 1. The lowest BCUT2D eigenvalue weighted by Gasteiger charge is -2.30. The maximum Gasteiger partial charge on any atom is 0.416 e. The van der Waals surface area contributed by atoms with Crippen molar-refractivity contribution in [1.29, 1.82) is 0 Å². The number of carbonyl (C=O) groups is 1. The zero-order chi connectivity index (χ0) is 33.3. The van der Waals surface area contributed by atoms with E-state index in [1.54, 1.807) is 29.7 Å². The molecule has 1 aliphatic heterocycles. The standard InChI is InChI=1S/C27H41F6N5O4SSi/c1-17(43(34)40)11-19(15-42-25(2,3)27(31,32)33)23-35-20-12-18(13-37-14-22(26(28,29)30)36-24(37)39)7-8-21(20)38(23)16-41-9-10-44(4,5)6/h7-8,12,17,19,22H,9-11,13-16,34H2,1-6H3,(H,36,39)/t17?,19-,22-,43?/m0/s1. The Labute approximate surface area is 256 Å². The quantitative estimate of drug-likeness (QED) is 0.153. The van der Waals surface area contributed by atoms with Gasteiger partial charge in [0.1, 0.15) is 18.6 Å². The highest BCUT2D eigenvalue weighted by molar-refractivity contribution is 7.83. The molecular weight excluding hydrogens is 632 g/mol. The minimum atomic E-state index is -4.65. The van der Waals surface area contributed by atoms with Crippen molar-refractivity contribution in [2.75, 3.05) is 19.8 Å². The highest BCUT2D eigenvalue weighted by atomic mass is 32.2. The van der Waals surface area contributed by atoms with Crippen LogP contribution in [0.15, 0.2) is 18.2 Å². The molecule has 0 spiro atoms. The molecule has 9 nitrogen and oxygen atoms in total. The van der Waals surface area contributed by atoms with Crippen molar-refractivity contribution in [2.45, 2.75) is 101 Å². The molecule has 1 fully saturated rings. The molecule has 0 saturated carbocycles. The fraction of sp³-hybridized carbons (Fsp3) is 0.704. The van der Waals surface area contributed by atoms with E-state index in [0.717, 1.165) is 24.8 Å². The van der Waals surface area contributed by atoms with Crippen molar-refractivity contribution in [1.82, 2.24) is 19.8 Å². The molecule has 1 aromatic carbocycles. The van der Waals surface area contributed by atoms with Crippen LogP contribution in [0.1, 0.15) is 44.5 Å². The predicted molar refractivity (Wildman–Crippen MR) is 158 cm³/mol. The van der Waals surface area contributed by atoms with Crippen LogP contribution in [0.25, 0.3) is 11.0 Å². The van der Waals surface area contributed by atoms with Gasteiger partial charge in [0.25, 0.3) is 0 Å². The molecule has 250 valence electrons. The van der Waals surface area contributed by atoms with Gasteiger partial charge in [-0.05, 0) is 50.9 Å². The largest absolute Gasteiger partial charge is 0.416 e. The number of alkyl halides is 6. The number of fused-ring (bicyclic) bond motifs is 1. The van der Waals surface area contributed by atoms with Gasteiger partial charge in [-0.1, -0.05) is 25.7 Å². The van der Waals surface area contributed by atoms with Crippen LogP contribution in [-0.2, 0) is 33.7 Å². The van der Waals surface area contributed by atoms with Crippen LogP contribution in [-0.4, -0.2) is 81.8 Å². The monoisotopic (exact) mass is 673 g/mol. The lowest BCUT2D eigenvalue weighted by Crippen LogP contribution is -2.43. The Hall–Kier alpha value is -2.21. The van der Waals surface area contributed by atoms with Crippen molar-refractivity contribution in [3.8, 4) is 0 Å². The van der Waals surface area contributed by atoms with Gasteiger partial charge in [0.2, 0.25) is 0 Å². The van der Waals surface area contributed by atoms with Gasteiger partial charge >= 0.3 is 18.4 Å². The third kappa shape index (κ3) is 9.40. The number of hydrogen-bond donors (Lipinski definition) is 2. The second kappa shape index (κ2) is 13.6. The third-order valence-corrected chi connectivity index (χ3v) is 10.2. The molecule has 0 aliphatic carbocycles. The van der Waals surface area contributed by atoms with Crippen molar-refractivity contribution >= 4 is 36.1 Å². The number of aromatic nitrogens is 2. The molecule has 17 heteroatoms. The van der Waals surface area contributed by atoms with Gasteiger partial charge in [0.05, 0.1) is 35.2 Å². The lowest BCUT2D eigenvalue weighted by molar-refractivity contribution is -0.264. The Morgan fingerprint density at radius 2 is 1.84 bits per heavy atom. The Morgan fingerprint density at radius 3 is 2.39 bits per heavy atom. The van der Waals surface area contributed by atoms with E-state index in [2.05, 4.69) is 19.6 Å². The first kappa shape index (κ1) is 36.3. The number of halogens is 6. The number of imidazole rings is 1. The molecule has 2 unspecified atom stereocenters. The number of benzene rings is 1. The number of rotatable bonds is 14. The molecule has 1 aliphatic rings. The molecule has 44 heavy (non-hydrogen) atoms. The van der Waals surface area contributed by atoms with E-state index < -0.39 is 73.4 Å². The molecule has 3 rings (SSSR count). The lowest BCUT2D eigenvalue weighted by atomic mass is 10.0. The average Bonchev–Trinajstić information content (AvgIpc) is 3.42. The van der Waals surface area contributed by atoms with Gasteiger partial charge in [-0.25, -0.2) is 14.0 Å². The molecule has 2 aromatic rings. The normalized spacial score (nSPS) is 19.0. The SMILES string of the molecule is CC(C[C@@H](COC(C)(C)C(F)(F)F)c1nc2cc(CN3C[C@@H](C(F)(F)F)NC3=O)ccc2n1COCC[Si](C)(C)C)S(N)=O. The van der Waals surface area contributed by atoms with Gasteiger partial charge in [-0.15, -0.1) is 0 Å². The van der Waals surface area contributed by atoms with E-state index in [1.807, 2.05) is 5.32 Å². The van der Waals surface area contributed by atoms with Gasteiger partial charge in [-0.3, -0.25) is 5.14 Å². The van der Waals surface area contributed by atoms with Gasteiger partial charge < -0.3 is 24.3 Å². The van der Waals surface area contributed by atoms with E-state index in [9.17, 15) is 35.3 Å². The Balaban J connectivity index is 1.99. The summed E-state index contributed by atoms with van der Waals surface area (Å²) in [6.45, 7) is 9.43. The summed E-state index contributed by atoms with van der Waals surface area (Å²) in [5.74, 6) is -0.441. The number of hydrogen-bond acceptors (Lipinski definition) is 5. The number of carbonyl (C=O) groups excluding carboxylic acids is 1. The topological polar surface area (TPSA) is 112 Å². The van der Waals surface area contributed by atoms with Crippen LogP contribution in [0, 0.1) is 0 Å². The predicted octanol–water partition coefficient (Wildman–Crippen LogP) is 5.65. The smallest absolute Gasteiger partial charge is 0.365 e.